The van der Waals surface area contributed by atoms with Gasteiger partial charge in [0.15, 0.2) is 0 Å². The number of esters is 1. The third kappa shape index (κ3) is 6.44. The van der Waals surface area contributed by atoms with Crippen LogP contribution in [0.4, 0.5) is 0 Å². The number of benzene rings is 3. The van der Waals surface area contributed by atoms with Crippen molar-refractivity contribution in [3.05, 3.63) is 83.4 Å². The molecule has 0 heterocycles. The Bertz CT molecular complexity index is 1100. The summed E-state index contributed by atoms with van der Waals surface area (Å²) in [4.78, 5) is 11.7. The largest absolute Gasteiger partial charge is 0.465 e. The van der Waals surface area contributed by atoms with Crippen LogP contribution >= 0.6 is 0 Å². The molecule has 2 N–H and O–H groups in total. The Balaban J connectivity index is 1.28. The van der Waals surface area contributed by atoms with Crippen molar-refractivity contribution in [3.8, 4) is 0 Å². The molecular formula is C29H35NO4. The van der Waals surface area contributed by atoms with Crippen LogP contribution in [-0.4, -0.2) is 43.0 Å². The Morgan fingerprint density at radius 2 is 1.76 bits per heavy atom. The van der Waals surface area contributed by atoms with E-state index >= 15 is 0 Å². The zero-order chi connectivity index (χ0) is 24.1. The maximum atomic E-state index is 11.7. The van der Waals surface area contributed by atoms with E-state index < -0.39 is 6.10 Å². The lowest BCUT2D eigenvalue weighted by molar-refractivity contribution is -0.0211. The molecule has 4 rings (SSSR count). The minimum absolute atomic E-state index is 0.0630. The van der Waals surface area contributed by atoms with Gasteiger partial charge in [-0.2, -0.15) is 0 Å². The van der Waals surface area contributed by atoms with E-state index in [1.165, 1.54) is 23.4 Å². The Hall–Kier alpha value is -2.73. The zero-order valence-corrected chi connectivity index (χ0v) is 20.3. The molecule has 0 saturated heterocycles. The molecule has 1 saturated carbocycles. The van der Waals surface area contributed by atoms with Crippen molar-refractivity contribution in [2.75, 3.05) is 20.3 Å². The van der Waals surface area contributed by atoms with Gasteiger partial charge in [0.05, 0.1) is 31.5 Å². The summed E-state index contributed by atoms with van der Waals surface area (Å²) < 4.78 is 10.9. The molecule has 1 unspecified atom stereocenters. The minimum atomic E-state index is -0.605. The predicted molar refractivity (Wildman–Crippen MR) is 135 cm³/mol. The first-order chi connectivity index (χ1) is 16.3. The number of aliphatic hydroxyl groups excluding tert-OH is 1. The summed E-state index contributed by atoms with van der Waals surface area (Å²) in [5, 5.41) is 16.6. The molecule has 3 aromatic rings. The molecule has 0 bridgehead atoms. The Labute approximate surface area is 202 Å². The molecule has 0 spiro atoms. The normalized spacial score (nSPS) is 15.8. The molecule has 1 aliphatic carbocycles. The molecule has 0 radical (unpaired) electrons. The van der Waals surface area contributed by atoms with Gasteiger partial charge < -0.3 is 19.9 Å². The first-order valence-corrected chi connectivity index (χ1v) is 12.1. The van der Waals surface area contributed by atoms with Gasteiger partial charge in [-0.1, -0.05) is 54.6 Å². The topological polar surface area (TPSA) is 67.8 Å². The molecule has 0 aliphatic heterocycles. The van der Waals surface area contributed by atoms with E-state index in [9.17, 15) is 9.90 Å². The number of ether oxygens (including phenoxy) is 2. The molecule has 0 amide bonds. The van der Waals surface area contributed by atoms with E-state index in [1.54, 1.807) is 12.1 Å². The average molecular weight is 462 g/mol. The van der Waals surface area contributed by atoms with Crippen LogP contribution in [0.5, 0.6) is 0 Å². The molecule has 2 atom stereocenters. The summed E-state index contributed by atoms with van der Waals surface area (Å²) in [6, 6.07) is 22.4. The standard InChI is InChI=1S/C29H35NO4/c1-29(2,17-20-8-9-21-6-4-5-7-25(21)16-20)30-18-26(31)19-34-27(22-10-11-22)23-12-14-24(15-13-23)28(32)33-3/h4-9,12-16,22,26-27,30-31H,10-11,17-19H2,1-3H3/t26-,27?/m1/s1. The van der Waals surface area contributed by atoms with Crippen molar-refractivity contribution in [1.82, 2.24) is 5.32 Å². The lowest BCUT2D eigenvalue weighted by Gasteiger charge is -2.29. The van der Waals surface area contributed by atoms with Crippen molar-refractivity contribution in [2.45, 2.75) is 50.9 Å². The second-order valence-corrected chi connectivity index (χ2v) is 9.98. The Morgan fingerprint density at radius 1 is 1.06 bits per heavy atom. The lowest BCUT2D eigenvalue weighted by Crippen LogP contribution is -2.46. The third-order valence-electron chi connectivity index (χ3n) is 6.45. The van der Waals surface area contributed by atoms with Crippen LogP contribution < -0.4 is 5.32 Å². The van der Waals surface area contributed by atoms with E-state index in [1.807, 2.05) is 12.1 Å². The highest BCUT2D eigenvalue weighted by molar-refractivity contribution is 5.89. The smallest absolute Gasteiger partial charge is 0.337 e. The van der Waals surface area contributed by atoms with Gasteiger partial charge in [0.1, 0.15) is 0 Å². The zero-order valence-electron chi connectivity index (χ0n) is 20.3. The summed E-state index contributed by atoms with van der Waals surface area (Å²) in [7, 11) is 1.38. The van der Waals surface area contributed by atoms with Gasteiger partial charge in [0.25, 0.3) is 0 Å². The van der Waals surface area contributed by atoms with Crippen molar-refractivity contribution >= 4 is 16.7 Å². The van der Waals surface area contributed by atoms with E-state index in [-0.39, 0.29) is 24.2 Å². The van der Waals surface area contributed by atoms with Crippen LogP contribution in [0.15, 0.2) is 66.7 Å². The summed E-state index contributed by atoms with van der Waals surface area (Å²) in [5.74, 6) is 0.122. The minimum Gasteiger partial charge on any atom is -0.465 e. The summed E-state index contributed by atoms with van der Waals surface area (Å²) in [5.41, 5.74) is 2.67. The number of methoxy groups -OCH3 is 1. The van der Waals surface area contributed by atoms with Gasteiger partial charge in [-0.15, -0.1) is 0 Å². The number of carbonyl (C=O) groups excluding carboxylic acids is 1. The van der Waals surface area contributed by atoms with Crippen LogP contribution in [0.2, 0.25) is 0 Å². The quantitative estimate of drug-likeness (QED) is 0.391. The first kappa shape index (κ1) is 24.4. The fraction of sp³-hybridized carbons (Fsp3) is 0.414. The van der Waals surface area contributed by atoms with E-state index in [0.29, 0.717) is 18.0 Å². The van der Waals surface area contributed by atoms with Gasteiger partial charge in [0.2, 0.25) is 0 Å². The number of aliphatic hydroxyl groups is 1. The highest BCUT2D eigenvalue weighted by atomic mass is 16.5. The Kier molecular flexibility index (Phi) is 7.67. The SMILES string of the molecule is COC(=O)c1ccc(C(OC[C@H](O)CNC(C)(C)Cc2ccc3ccccc3c2)C2CC2)cc1. The highest BCUT2D eigenvalue weighted by Crippen LogP contribution is 2.43. The molecule has 1 fully saturated rings. The van der Waals surface area contributed by atoms with Crippen molar-refractivity contribution < 1.29 is 19.4 Å². The van der Waals surface area contributed by atoms with Gasteiger partial charge in [0, 0.05) is 12.1 Å². The second-order valence-electron chi connectivity index (χ2n) is 9.98. The monoisotopic (exact) mass is 461 g/mol. The molecule has 5 heteroatoms. The first-order valence-electron chi connectivity index (χ1n) is 12.1. The summed E-state index contributed by atoms with van der Waals surface area (Å²) in [6.45, 7) is 5.04. The highest BCUT2D eigenvalue weighted by Gasteiger charge is 2.33. The van der Waals surface area contributed by atoms with Gasteiger partial charge in [-0.25, -0.2) is 4.79 Å². The molecular weight excluding hydrogens is 426 g/mol. The van der Waals surface area contributed by atoms with E-state index in [4.69, 9.17) is 9.47 Å². The number of hydrogen-bond acceptors (Lipinski definition) is 5. The molecule has 34 heavy (non-hydrogen) atoms. The number of carbonyl (C=O) groups is 1. The van der Waals surface area contributed by atoms with Crippen molar-refractivity contribution in [1.29, 1.82) is 0 Å². The number of rotatable bonds is 11. The maximum absolute atomic E-state index is 11.7. The fourth-order valence-corrected chi connectivity index (χ4v) is 4.42. The molecule has 3 aromatic carbocycles. The van der Waals surface area contributed by atoms with Crippen LogP contribution in [0, 0.1) is 5.92 Å². The van der Waals surface area contributed by atoms with Gasteiger partial charge in [-0.3, -0.25) is 0 Å². The van der Waals surface area contributed by atoms with Crippen molar-refractivity contribution in [2.24, 2.45) is 5.92 Å². The number of fused-ring (bicyclic) bond motifs is 1. The number of β-amino-alcohol motifs (C(OH)–C–C–N with tert-alkyl or cyclic N) is 1. The number of nitrogens with one attached hydrogen (secondary N) is 1. The summed E-state index contributed by atoms with van der Waals surface area (Å²) >= 11 is 0. The summed E-state index contributed by atoms with van der Waals surface area (Å²) in [6.07, 6.45) is 2.44. The molecule has 5 nitrogen and oxygen atoms in total. The second kappa shape index (κ2) is 10.7. The third-order valence-corrected chi connectivity index (χ3v) is 6.45. The van der Waals surface area contributed by atoms with Crippen LogP contribution in [-0.2, 0) is 15.9 Å². The van der Waals surface area contributed by atoms with Gasteiger partial charge in [-0.05, 0) is 73.1 Å². The van der Waals surface area contributed by atoms with E-state index in [2.05, 4.69) is 61.6 Å². The molecule has 180 valence electrons. The Morgan fingerprint density at radius 3 is 2.44 bits per heavy atom. The van der Waals surface area contributed by atoms with Crippen LogP contribution in [0.3, 0.4) is 0 Å². The van der Waals surface area contributed by atoms with Gasteiger partial charge >= 0.3 is 5.97 Å². The maximum Gasteiger partial charge on any atom is 0.337 e. The molecule has 0 aromatic heterocycles. The lowest BCUT2D eigenvalue weighted by atomic mass is 9.93. The van der Waals surface area contributed by atoms with E-state index in [0.717, 1.165) is 24.8 Å². The number of hydrogen-bond donors (Lipinski definition) is 2. The molecule has 1 aliphatic rings. The predicted octanol–water partition coefficient (Wildman–Crippen LogP) is 5.07. The average Bonchev–Trinajstić information content (AvgIpc) is 3.68. The van der Waals surface area contributed by atoms with Crippen molar-refractivity contribution in [3.63, 3.8) is 0 Å². The van der Waals surface area contributed by atoms with Crippen LogP contribution in [0.1, 0.15) is 54.3 Å². The fourth-order valence-electron chi connectivity index (χ4n) is 4.42. The van der Waals surface area contributed by atoms with Crippen LogP contribution in [0.25, 0.3) is 10.8 Å².